The van der Waals surface area contributed by atoms with Crippen molar-refractivity contribution in [2.75, 3.05) is 13.1 Å². The van der Waals surface area contributed by atoms with Crippen molar-refractivity contribution in [2.45, 2.75) is 181 Å². The lowest BCUT2D eigenvalue weighted by atomic mass is 10.0. The summed E-state index contributed by atoms with van der Waals surface area (Å²) in [6, 6.07) is 0. The van der Waals surface area contributed by atoms with Crippen molar-refractivity contribution in [3.8, 4) is 0 Å². The maximum absolute atomic E-state index is 10.0. The number of unbranched alkanes of at least 4 members (excludes halogenated alkanes) is 24. The summed E-state index contributed by atoms with van der Waals surface area (Å²) >= 11 is 0. The van der Waals surface area contributed by atoms with Gasteiger partial charge in [0.2, 0.25) is 0 Å². The number of quaternary nitrogens is 1. The average Bonchev–Trinajstić information content (AvgIpc) is 2.85. The van der Waals surface area contributed by atoms with Gasteiger partial charge in [-0.1, -0.05) is 162 Å². The van der Waals surface area contributed by atoms with E-state index in [2.05, 4.69) is 19.3 Å². The average molecular weight is 487 g/mol. The van der Waals surface area contributed by atoms with E-state index in [1.54, 1.807) is 0 Å². The van der Waals surface area contributed by atoms with E-state index in [0.29, 0.717) is 0 Å². The normalized spacial score (nSPS) is 10.9. The predicted molar refractivity (Wildman–Crippen MR) is 151 cm³/mol. The van der Waals surface area contributed by atoms with Crippen molar-refractivity contribution in [3.05, 3.63) is 5.21 Å². The minimum atomic E-state index is 0.748. The second-order valence-electron chi connectivity index (χ2n) is 10.3. The fraction of sp³-hybridized carbons (Fsp3) is 1.00. The van der Waals surface area contributed by atoms with Crippen molar-refractivity contribution in [2.24, 2.45) is 0 Å². The van der Waals surface area contributed by atoms with Crippen LogP contribution in [0, 0.1) is 5.21 Å². The highest BCUT2D eigenvalue weighted by Crippen LogP contribution is 2.13. The van der Waals surface area contributed by atoms with E-state index in [9.17, 15) is 5.21 Å². The van der Waals surface area contributed by atoms with Gasteiger partial charge in [-0.15, -0.1) is 0 Å². The molecule has 0 saturated carbocycles. The summed E-state index contributed by atoms with van der Waals surface area (Å²) in [5.41, 5.74) is 3.25. The van der Waals surface area contributed by atoms with Gasteiger partial charge in [0.05, 0.1) is 6.54 Å². The first-order chi connectivity index (χ1) is 16.8. The minimum absolute atomic E-state index is 0.748. The number of nitrogens with one attached hydrogen (secondary N) is 1. The number of rotatable bonds is 28. The Kier molecular flexibility index (Phi) is 39.6. The van der Waals surface area contributed by atoms with E-state index in [1.165, 1.54) is 154 Å². The molecule has 0 aliphatic carbocycles. The molecule has 0 spiro atoms. The molecule has 0 bridgehead atoms. The van der Waals surface area contributed by atoms with Crippen molar-refractivity contribution >= 4 is 0 Å². The van der Waals surface area contributed by atoms with Gasteiger partial charge in [-0.2, -0.15) is 0 Å². The zero-order valence-electron chi connectivity index (χ0n) is 23.7. The molecule has 0 aliphatic rings. The molecule has 0 atom stereocenters. The van der Waals surface area contributed by atoms with Gasteiger partial charge >= 0.3 is 0 Å². The van der Waals surface area contributed by atoms with Gasteiger partial charge in [0.25, 0.3) is 0 Å². The van der Waals surface area contributed by atoms with Crippen LogP contribution in [0.2, 0.25) is 0 Å². The fourth-order valence-electron chi connectivity index (χ4n) is 4.47. The van der Waals surface area contributed by atoms with Crippen LogP contribution in [0.1, 0.15) is 181 Å². The van der Waals surface area contributed by atoms with Crippen LogP contribution >= 0.6 is 0 Å². The molecule has 0 aromatic rings. The first kappa shape index (κ1) is 36.0. The lowest BCUT2D eigenvalue weighted by Gasteiger charge is -2.03. The Hall–Kier alpha value is -0.160. The third-order valence-corrected chi connectivity index (χ3v) is 6.82. The first-order valence-corrected chi connectivity index (χ1v) is 15.6. The quantitative estimate of drug-likeness (QED) is 0.0762. The van der Waals surface area contributed by atoms with E-state index in [0.717, 1.165) is 31.4 Å². The molecule has 0 aromatic carbocycles. The number of nitrogens with two attached hydrogens (primary N) is 1. The molecular weight excluding hydrogens is 420 g/mol. The second-order valence-corrected chi connectivity index (χ2v) is 10.3. The second kappa shape index (κ2) is 37.4. The van der Waals surface area contributed by atoms with Crippen molar-refractivity contribution < 1.29 is 10.7 Å². The minimum Gasteiger partial charge on any atom is -0.636 e. The summed E-state index contributed by atoms with van der Waals surface area (Å²) in [4.78, 5) is 0. The Morgan fingerprint density at radius 2 is 0.706 bits per heavy atom. The van der Waals surface area contributed by atoms with Crippen molar-refractivity contribution in [3.63, 3.8) is 0 Å². The maximum atomic E-state index is 10.0. The molecule has 0 unspecified atom stereocenters. The molecule has 0 radical (unpaired) electrons. The molecule has 0 fully saturated rings. The number of hydrogen-bond acceptors (Lipinski definition) is 3. The van der Waals surface area contributed by atoms with E-state index < -0.39 is 0 Å². The van der Waals surface area contributed by atoms with Crippen LogP contribution in [0.25, 0.3) is 0 Å². The van der Waals surface area contributed by atoms with Gasteiger partial charge in [-0.25, -0.2) is 5.48 Å². The van der Waals surface area contributed by atoms with Gasteiger partial charge in [0, 0.05) is 6.54 Å². The SMILES string of the molecule is CCCCCCCCCCCCCCCCCCNO.CCCCCCCCCCCC[NH2+][O-]. The summed E-state index contributed by atoms with van der Waals surface area (Å²) in [7, 11) is 0. The molecule has 0 saturated heterocycles. The Bertz CT molecular complexity index is 286. The van der Waals surface area contributed by atoms with E-state index in [-0.39, 0.29) is 0 Å². The smallest absolute Gasteiger partial charge is 0.0752 e. The standard InChI is InChI=1S/C18H39NO.C12H27NO/c1-2-3-4-5-6-7-8-9-10-11-12-13-14-15-16-17-18-19-20;1-2-3-4-5-6-7-8-9-10-11-12-13-14/h19-20H,2-18H2,1H3;2-13H2,1H3. The maximum Gasteiger partial charge on any atom is 0.0752 e. The summed E-state index contributed by atoms with van der Waals surface area (Å²) < 4.78 is 0. The monoisotopic (exact) mass is 487 g/mol. The molecule has 0 aliphatic heterocycles. The lowest BCUT2D eigenvalue weighted by molar-refractivity contribution is -0.589. The number of hydroxylamine groups is 2. The van der Waals surface area contributed by atoms with Gasteiger partial charge in [0.15, 0.2) is 0 Å². The van der Waals surface area contributed by atoms with Crippen LogP contribution < -0.4 is 11.0 Å². The van der Waals surface area contributed by atoms with Crippen LogP contribution in [0.5, 0.6) is 0 Å². The summed E-state index contributed by atoms with van der Waals surface area (Å²) in [5.74, 6) is 0. The fourth-order valence-corrected chi connectivity index (χ4v) is 4.47. The Balaban J connectivity index is 0. The Labute approximate surface area is 215 Å². The molecule has 0 aromatic heterocycles. The van der Waals surface area contributed by atoms with Crippen LogP contribution in [0.4, 0.5) is 0 Å². The molecule has 208 valence electrons. The zero-order valence-corrected chi connectivity index (χ0v) is 23.7. The summed E-state index contributed by atoms with van der Waals surface area (Å²) in [6.07, 6.45) is 35.7. The topological polar surface area (TPSA) is 71.9 Å². The molecule has 4 nitrogen and oxygen atoms in total. The zero-order chi connectivity index (χ0) is 25.2. The number of hydrogen-bond donors (Lipinski definition) is 3. The Morgan fingerprint density at radius 1 is 0.441 bits per heavy atom. The summed E-state index contributed by atoms with van der Waals surface area (Å²) in [5, 5.41) is 18.5. The first-order valence-electron chi connectivity index (χ1n) is 15.6. The van der Waals surface area contributed by atoms with Crippen molar-refractivity contribution in [1.29, 1.82) is 0 Å². The van der Waals surface area contributed by atoms with E-state index in [1.807, 2.05) is 0 Å². The highest BCUT2D eigenvalue weighted by molar-refractivity contribution is 4.50. The highest BCUT2D eigenvalue weighted by Gasteiger charge is 1.95. The van der Waals surface area contributed by atoms with Gasteiger partial charge < -0.3 is 15.9 Å². The van der Waals surface area contributed by atoms with Gasteiger partial charge in [-0.05, 0) is 19.3 Å². The molecule has 34 heavy (non-hydrogen) atoms. The van der Waals surface area contributed by atoms with Crippen LogP contribution in [-0.4, -0.2) is 18.3 Å². The van der Waals surface area contributed by atoms with E-state index >= 15 is 0 Å². The van der Waals surface area contributed by atoms with Gasteiger partial charge in [0.1, 0.15) is 0 Å². The third-order valence-electron chi connectivity index (χ3n) is 6.82. The van der Waals surface area contributed by atoms with Crippen LogP contribution in [-0.2, 0) is 0 Å². The molecular formula is C30H66N2O2. The molecule has 0 amide bonds. The largest absolute Gasteiger partial charge is 0.636 e. The molecule has 0 rings (SSSR count). The van der Waals surface area contributed by atoms with Crippen LogP contribution in [0.3, 0.4) is 0 Å². The molecule has 4 heteroatoms. The van der Waals surface area contributed by atoms with Crippen molar-refractivity contribution in [1.82, 2.24) is 5.48 Å². The summed E-state index contributed by atoms with van der Waals surface area (Å²) in [6.45, 7) is 6.05. The van der Waals surface area contributed by atoms with Gasteiger partial charge in [-0.3, -0.25) is 0 Å². The molecule has 0 heterocycles. The Morgan fingerprint density at radius 3 is 0.971 bits per heavy atom. The third kappa shape index (κ3) is 39.1. The van der Waals surface area contributed by atoms with E-state index in [4.69, 9.17) is 5.21 Å². The highest BCUT2D eigenvalue weighted by atomic mass is 16.5. The molecule has 4 N–H and O–H groups in total. The predicted octanol–water partition coefficient (Wildman–Crippen LogP) is 9.20. The lowest BCUT2D eigenvalue weighted by Crippen LogP contribution is -2.77. The van der Waals surface area contributed by atoms with Crippen LogP contribution in [0.15, 0.2) is 0 Å².